The first kappa shape index (κ1) is 22.4. The third-order valence-electron chi connectivity index (χ3n) is 6.75. The third-order valence-corrected chi connectivity index (χ3v) is 6.75. The summed E-state index contributed by atoms with van der Waals surface area (Å²) in [6.45, 7) is 4.08. The molecule has 0 amide bonds. The number of anilines is 1. The highest BCUT2D eigenvalue weighted by molar-refractivity contribution is 5.96. The predicted molar refractivity (Wildman–Crippen MR) is 121 cm³/mol. The van der Waals surface area contributed by atoms with Crippen LogP contribution in [0.25, 0.3) is 11.1 Å². The molecule has 0 aromatic heterocycles. The van der Waals surface area contributed by atoms with Gasteiger partial charge in [-0.2, -0.15) is 0 Å². The second-order valence-corrected chi connectivity index (χ2v) is 8.53. The lowest BCUT2D eigenvalue weighted by atomic mass is 9.79. The summed E-state index contributed by atoms with van der Waals surface area (Å²) < 4.78 is 34.1. The van der Waals surface area contributed by atoms with Gasteiger partial charge >= 0.3 is 5.97 Å². The number of fused-ring (bicyclic) bond motifs is 7. The van der Waals surface area contributed by atoms with Crippen molar-refractivity contribution < 1.29 is 38.3 Å². The minimum absolute atomic E-state index is 0.0119. The molecule has 0 spiro atoms. The first-order valence-electron chi connectivity index (χ1n) is 11.2. The highest BCUT2D eigenvalue weighted by Gasteiger charge is 2.44. The smallest absolute Gasteiger partial charge is 0.323 e. The maximum absolute atomic E-state index is 13.0. The van der Waals surface area contributed by atoms with E-state index in [9.17, 15) is 9.90 Å². The first-order chi connectivity index (χ1) is 16.4. The molecule has 4 unspecified atom stereocenters. The van der Waals surface area contributed by atoms with Gasteiger partial charge in [-0.3, -0.25) is 4.79 Å². The third kappa shape index (κ3) is 3.20. The maximum atomic E-state index is 13.0. The van der Waals surface area contributed by atoms with Gasteiger partial charge in [-0.25, -0.2) is 0 Å². The monoisotopic (exact) mass is 472 g/mol. The highest BCUT2D eigenvalue weighted by atomic mass is 16.7. The normalized spacial score (nSPS) is 20.8. The first-order valence-corrected chi connectivity index (χ1v) is 11.2. The standard InChI is InChI=1S/C24H28N2O8/c1-5-10(2)17(25)24(28)34-20-12-7-13(29-3)21-18(26-8-31-21)15(12)16-11(19(20)27)6-14(30-4)22-23(16)33-9-32-22/h6-7,10,17,19-20,26-27H,5,8-9,25H2,1-4H3. The van der Waals surface area contributed by atoms with Gasteiger partial charge in [0.15, 0.2) is 35.8 Å². The van der Waals surface area contributed by atoms with Gasteiger partial charge in [-0.1, -0.05) is 20.3 Å². The van der Waals surface area contributed by atoms with Crippen LogP contribution in [0.15, 0.2) is 12.1 Å². The largest absolute Gasteiger partial charge is 0.493 e. The number of nitrogens with one attached hydrogen (secondary N) is 1. The molecule has 2 aliphatic heterocycles. The Bertz CT molecular complexity index is 1150. The molecule has 0 bridgehead atoms. The van der Waals surface area contributed by atoms with E-state index in [0.29, 0.717) is 63.1 Å². The average molecular weight is 472 g/mol. The summed E-state index contributed by atoms with van der Waals surface area (Å²) in [5, 5.41) is 14.7. The molecule has 2 aromatic rings. The minimum atomic E-state index is -1.22. The lowest BCUT2D eigenvalue weighted by Gasteiger charge is -2.34. The van der Waals surface area contributed by atoms with Crippen molar-refractivity contribution in [2.45, 2.75) is 38.5 Å². The van der Waals surface area contributed by atoms with E-state index >= 15 is 0 Å². The lowest BCUT2D eigenvalue weighted by molar-refractivity contribution is -0.159. The summed E-state index contributed by atoms with van der Waals surface area (Å²) in [6.07, 6.45) is -1.55. The SMILES string of the molecule is CCC(C)C(N)C(=O)OC1c2cc(OC)c3c(c2-c2c(cc(OC)c4c2OCO4)C1O)NCO3. The summed E-state index contributed by atoms with van der Waals surface area (Å²) in [7, 11) is 3.03. The summed E-state index contributed by atoms with van der Waals surface area (Å²) >= 11 is 0. The van der Waals surface area contributed by atoms with Crippen LogP contribution in [0.4, 0.5) is 5.69 Å². The summed E-state index contributed by atoms with van der Waals surface area (Å²) in [4.78, 5) is 13.0. The van der Waals surface area contributed by atoms with E-state index in [1.165, 1.54) is 14.2 Å². The fraction of sp³-hybridized carbons (Fsp3) is 0.458. The van der Waals surface area contributed by atoms with Crippen LogP contribution in [0.2, 0.25) is 0 Å². The predicted octanol–water partition coefficient (Wildman–Crippen LogP) is 2.87. The zero-order chi connectivity index (χ0) is 24.1. The highest BCUT2D eigenvalue weighted by Crippen LogP contribution is 2.61. The number of nitrogens with two attached hydrogens (primary N) is 1. The van der Waals surface area contributed by atoms with Gasteiger partial charge in [0.25, 0.3) is 0 Å². The Morgan fingerprint density at radius 2 is 1.79 bits per heavy atom. The molecule has 10 nitrogen and oxygen atoms in total. The van der Waals surface area contributed by atoms with Crippen LogP contribution in [0.1, 0.15) is 43.6 Å². The van der Waals surface area contributed by atoms with Crippen LogP contribution in [0.3, 0.4) is 0 Å². The van der Waals surface area contributed by atoms with Gasteiger partial charge < -0.3 is 44.6 Å². The fourth-order valence-electron chi connectivity index (χ4n) is 4.65. The molecule has 4 atom stereocenters. The lowest BCUT2D eigenvalue weighted by Crippen LogP contribution is -2.39. The van der Waals surface area contributed by atoms with E-state index in [1.807, 2.05) is 13.8 Å². The van der Waals surface area contributed by atoms with Crippen LogP contribution in [-0.4, -0.2) is 44.9 Å². The van der Waals surface area contributed by atoms with Gasteiger partial charge in [0, 0.05) is 22.3 Å². The molecule has 5 rings (SSSR count). The number of esters is 1. The molecule has 10 heteroatoms. The van der Waals surface area contributed by atoms with Crippen molar-refractivity contribution in [3.63, 3.8) is 0 Å². The average Bonchev–Trinajstić information content (AvgIpc) is 3.54. The molecule has 34 heavy (non-hydrogen) atoms. The van der Waals surface area contributed by atoms with Crippen molar-refractivity contribution in [3.8, 4) is 39.9 Å². The van der Waals surface area contributed by atoms with Crippen molar-refractivity contribution in [2.75, 3.05) is 33.1 Å². The van der Waals surface area contributed by atoms with Gasteiger partial charge in [-0.05, 0) is 18.1 Å². The molecule has 0 radical (unpaired) electrons. The number of rotatable bonds is 6. The van der Waals surface area contributed by atoms with Crippen molar-refractivity contribution in [1.29, 1.82) is 0 Å². The van der Waals surface area contributed by atoms with E-state index in [-0.39, 0.29) is 19.4 Å². The summed E-state index contributed by atoms with van der Waals surface area (Å²) in [5.41, 5.74) is 9.11. The van der Waals surface area contributed by atoms with Gasteiger partial charge in [0.1, 0.15) is 12.1 Å². The Balaban J connectivity index is 1.73. The van der Waals surface area contributed by atoms with Crippen LogP contribution in [0, 0.1) is 5.92 Å². The van der Waals surface area contributed by atoms with Crippen LogP contribution in [-0.2, 0) is 9.53 Å². The Hall–Kier alpha value is -3.37. The van der Waals surface area contributed by atoms with Crippen molar-refractivity contribution in [3.05, 3.63) is 23.3 Å². The Kier molecular flexibility index (Phi) is 5.57. The number of hydrogen-bond acceptors (Lipinski definition) is 10. The molecule has 0 fully saturated rings. The summed E-state index contributed by atoms with van der Waals surface area (Å²) in [6, 6.07) is 2.57. The molecule has 2 heterocycles. The zero-order valence-corrected chi connectivity index (χ0v) is 19.5. The molecule has 0 saturated carbocycles. The van der Waals surface area contributed by atoms with E-state index in [4.69, 9.17) is 34.2 Å². The second-order valence-electron chi connectivity index (χ2n) is 8.53. The van der Waals surface area contributed by atoms with Crippen molar-refractivity contribution in [2.24, 2.45) is 11.7 Å². The number of ether oxygens (including phenoxy) is 6. The molecule has 2 aromatic carbocycles. The molecule has 1 aliphatic carbocycles. The van der Waals surface area contributed by atoms with Crippen LogP contribution >= 0.6 is 0 Å². The number of carbonyl (C=O) groups excluding carboxylic acids is 1. The number of aliphatic hydroxyl groups excluding tert-OH is 1. The van der Waals surface area contributed by atoms with Gasteiger partial charge in [-0.15, -0.1) is 0 Å². The second kappa shape index (κ2) is 8.44. The van der Waals surface area contributed by atoms with E-state index < -0.39 is 24.2 Å². The van der Waals surface area contributed by atoms with Crippen molar-refractivity contribution >= 4 is 11.7 Å². The maximum Gasteiger partial charge on any atom is 0.323 e. The molecule has 3 aliphatic rings. The Morgan fingerprint density at radius 1 is 1.12 bits per heavy atom. The molecular weight excluding hydrogens is 444 g/mol. The number of benzene rings is 2. The van der Waals surface area contributed by atoms with E-state index in [0.717, 1.165) is 0 Å². The molecular formula is C24H28N2O8. The Labute approximate surface area is 196 Å². The molecule has 4 N–H and O–H groups in total. The quantitative estimate of drug-likeness (QED) is 0.539. The Morgan fingerprint density at radius 3 is 2.50 bits per heavy atom. The van der Waals surface area contributed by atoms with E-state index in [1.54, 1.807) is 12.1 Å². The molecule has 0 saturated heterocycles. The topological polar surface area (TPSA) is 131 Å². The van der Waals surface area contributed by atoms with Gasteiger partial charge in [0.05, 0.1) is 19.9 Å². The van der Waals surface area contributed by atoms with Crippen LogP contribution < -0.4 is 34.7 Å². The number of hydrogen-bond donors (Lipinski definition) is 3. The zero-order valence-electron chi connectivity index (χ0n) is 19.5. The summed E-state index contributed by atoms with van der Waals surface area (Å²) in [5.74, 6) is 1.58. The fourth-order valence-corrected chi connectivity index (χ4v) is 4.65. The number of methoxy groups -OCH3 is 2. The number of carbonyl (C=O) groups is 1. The van der Waals surface area contributed by atoms with Gasteiger partial charge in [0.2, 0.25) is 12.5 Å². The minimum Gasteiger partial charge on any atom is -0.493 e. The van der Waals surface area contributed by atoms with E-state index in [2.05, 4.69) is 5.32 Å². The van der Waals surface area contributed by atoms with Crippen LogP contribution in [0.5, 0.6) is 28.7 Å². The van der Waals surface area contributed by atoms with Crippen molar-refractivity contribution in [1.82, 2.24) is 0 Å². The number of aliphatic hydroxyl groups is 1. The molecule has 182 valence electrons.